The van der Waals surface area contributed by atoms with E-state index in [1.807, 2.05) is 0 Å². The van der Waals surface area contributed by atoms with Gasteiger partial charge >= 0.3 is 0 Å². The van der Waals surface area contributed by atoms with Crippen molar-refractivity contribution in [3.05, 3.63) is 6.92 Å². The first-order chi connectivity index (χ1) is 4.43. The molecule has 0 unspecified atom stereocenters. The Balaban J connectivity index is 2.08. The zero-order valence-electron chi connectivity index (χ0n) is 6.23. The molecule has 0 heteroatoms. The van der Waals surface area contributed by atoms with Crippen LogP contribution >= 0.6 is 0 Å². The Bertz CT molecular complexity index is 57.7. The number of hydrogen-bond acceptors (Lipinski definition) is 0. The highest BCUT2D eigenvalue weighted by atomic mass is 14.2. The van der Waals surface area contributed by atoms with E-state index in [1.165, 1.54) is 38.5 Å². The molecule has 1 rings (SSSR count). The average Bonchev–Trinajstić information content (AvgIpc) is 1.91. The Kier molecular flexibility index (Phi) is 3.10. The predicted molar refractivity (Wildman–Crippen MR) is 41.2 cm³/mol. The highest BCUT2D eigenvalue weighted by Crippen LogP contribution is 2.26. The van der Waals surface area contributed by atoms with Crippen LogP contribution in [0.2, 0.25) is 0 Å². The Morgan fingerprint density at radius 1 is 1.11 bits per heavy atom. The lowest BCUT2D eigenvalue weighted by Gasteiger charge is -2.20. The van der Waals surface area contributed by atoms with Gasteiger partial charge in [-0.3, -0.25) is 0 Å². The zero-order chi connectivity index (χ0) is 6.53. The van der Waals surface area contributed by atoms with Crippen molar-refractivity contribution in [3.63, 3.8) is 0 Å². The summed E-state index contributed by atoms with van der Waals surface area (Å²) in [5.74, 6) is 1.04. The molecule has 0 aromatic rings. The first-order valence-corrected chi connectivity index (χ1v) is 4.22. The second-order valence-corrected chi connectivity index (χ2v) is 3.15. The van der Waals surface area contributed by atoms with Crippen LogP contribution in [0.4, 0.5) is 0 Å². The van der Waals surface area contributed by atoms with Crippen LogP contribution in [0.5, 0.6) is 0 Å². The molecule has 0 spiro atoms. The van der Waals surface area contributed by atoms with E-state index in [4.69, 9.17) is 0 Å². The van der Waals surface area contributed by atoms with Gasteiger partial charge in [0, 0.05) is 0 Å². The molecule has 0 bridgehead atoms. The molecule has 1 fully saturated rings. The van der Waals surface area contributed by atoms with E-state index < -0.39 is 0 Å². The van der Waals surface area contributed by atoms with E-state index >= 15 is 0 Å². The highest BCUT2D eigenvalue weighted by molar-refractivity contribution is 4.65. The van der Waals surface area contributed by atoms with Gasteiger partial charge < -0.3 is 0 Å². The summed E-state index contributed by atoms with van der Waals surface area (Å²) in [6, 6.07) is 0. The quantitative estimate of drug-likeness (QED) is 0.531. The van der Waals surface area contributed by atoms with E-state index in [2.05, 4.69) is 6.92 Å². The number of rotatable bonds is 2. The van der Waals surface area contributed by atoms with Crippen molar-refractivity contribution in [2.45, 2.75) is 44.9 Å². The molecule has 0 aromatic carbocycles. The predicted octanol–water partition coefficient (Wildman–Crippen LogP) is 3.18. The molecule has 0 saturated heterocycles. The maximum absolute atomic E-state index is 3.88. The van der Waals surface area contributed by atoms with Crippen LogP contribution in [0.25, 0.3) is 0 Å². The summed E-state index contributed by atoms with van der Waals surface area (Å²) in [6.07, 6.45) is 9.92. The molecule has 1 saturated carbocycles. The fourth-order valence-corrected chi connectivity index (χ4v) is 1.76. The maximum Gasteiger partial charge on any atom is -0.0414 e. The van der Waals surface area contributed by atoms with Crippen LogP contribution in [0, 0.1) is 12.8 Å². The summed E-state index contributed by atoms with van der Waals surface area (Å²) >= 11 is 0. The molecule has 0 aromatic heterocycles. The maximum atomic E-state index is 3.88. The molecular formula is C9H17. The van der Waals surface area contributed by atoms with E-state index in [1.54, 1.807) is 0 Å². The average molecular weight is 125 g/mol. The van der Waals surface area contributed by atoms with E-state index in [0.717, 1.165) is 12.3 Å². The van der Waals surface area contributed by atoms with Crippen molar-refractivity contribution in [1.82, 2.24) is 0 Å². The molecule has 0 heterocycles. The zero-order valence-corrected chi connectivity index (χ0v) is 6.23. The minimum absolute atomic E-state index is 1.04. The Morgan fingerprint density at radius 2 is 1.78 bits per heavy atom. The van der Waals surface area contributed by atoms with Crippen molar-refractivity contribution < 1.29 is 0 Å². The van der Waals surface area contributed by atoms with Crippen LogP contribution < -0.4 is 0 Å². The normalized spacial score (nSPS) is 22.3. The van der Waals surface area contributed by atoms with Crippen molar-refractivity contribution >= 4 is 0 Å². The van der Waals surface area contributed by atoms with Gasteiger partial charge in [0.1, 0.15) is 0 Å². The van der Waals surface area contributed by atoms with Gasteiger partial charge in [-0.2, -0.15) is 0 Å². The molecule has 1 aliphatic carbocycles. The van der Waals surface area contributed by atoms with Gasteiger partial charge in [0.05, 0.1) is 0 Å². The molecule has 53 valence electrons. The Hall–Kier alpha value is 0. The van der Waals surface area contributed by atoms with Crippen molar-refractivity contribution in [3.8, 4) is 0 Å². The van der Waals surface area contributed by atoms with Crippen LogP contribution in [0.15, 0.2) is 0 Å². The van der Waals surface area contributed by atoms with Gasteiger partial charge in [-0.1, -0.05) is 51.9 Å². The first kappa shape index (κ1) is 7.11. The Labute approximate surface area is 58.7 Å². The summed E-state index contributed by atoms with van der Waals surface area (Å²) in [4.78, 5) is 0. The second kappa shape index (κ2) is 3.92. The summed E-state index contributed by atoms with van der Waals surface area (Å²) in [5.41, 5.74) is 0. The van der Waals surface area contributed by atoms with E-state index in [0.29, 0.717) is 0 Å². The lowest BCUT2D eigenvalue weighted by Crippen LogP contribution is -2.04. The minimum atomic E-state index is 1.04. The van der Waals surface area contributed by atoms with Crippen LogP contribution in [0.3, 0.4) is 0 Å². The van der Waals surface area contributed by atoms with Crippen LogP contribution in [0.1, 0.15) is 44.9 Å². The molecule has 0 amide bonds. The largest absolute Gasteiger partial charge is 0.0533 e. The molecular weight excluding hydrogens is 108 g/mol. The highest BCUT2D eigenvalue weighted by Gasteiger charge is 2.10. The van der Waals surface area contributed by atoms with Gasteiger partial charge in [0.25, 0.3) is 0 Å². The van der Waals surface area contributed by atoms with Crippen molar-refractivity contribution in [2.24, 2.45) is 5.92 Å². The summed E-state index contributed by atoms with van der Waals surface area (Å²) in [6.45, 7) is 3.88. The third-order valence-corrected chi connectivity index (χ3v) is 2.34. The van der Waals surface area contributed by atoms with Crippen molar-refractivity contribution in [2.75, 3.05) is 0 Å². The van der Waals surface area contributed by atoms with Gasteiger partial charge in [-0.25, -0.2) is 0 Å². The monoisotopic (exact) mass is 125 g/mol. The standard InChI is InChI=1S/C9H17/c1-2-6-9-7-4-3-5-8-9/h9H,1-8H2. The van der Waals surface area contributed by atoms with E-state index in [-0.39, 0.29) is 0 Å². The van der Waals surface area contributed by atoms with Crippen LogP contribution in [-0.4, -0.2) is 0 Å². The third-order valence-electron chi connectivity index (χ3n) is 2.34. The molecule has 1 radical (unpaired) electrons. The molecule has 0 nitrogen and oxygen atoms in total. The summed E-state index contributed by atoms with van der Waals surface area (Å²) in [7, 11) is 0. The topological polar surface area (TPSA) is 0 Å². The first-order valence-electron chi connectivity index (χ1n) is 4.22. The number of hydrogen-bond donors (Lipinski definition) is 0. The summed E-state index contributed by atoms with van der Waals surface area (Å²) < 4.78 is 0. The fraction of sp³-hybridized carbons (Fsp3) is 0.889. The van der Waals surface area contributed by atoms with Gasteiger partial charge in [0.2, 0.25) is 0 Å². The Morgan fingerprint density at radius 3 is 2.33 bits per heavy atom. The summed E-state index contributed by atoms with van der Waals surface area (Å²) in [5, 5.41) is 0. The fourth-order valence-electron chi connectivity index (χ4n) is 1.76. The second-order valence-electron chi connectivity index (χ2n) is 3.15. The van der Waals surface area contributed by atoms with E-state index in [9.17, 15) is 0 Å². The molecule has 9 heavy (non-hydrogen) atoms. The third kappa shape index (κ3) is 2.38. The molecule has 1 aliphatic rings. The smallest absolute Gasteiger partial charge is 0.0414 e. The molecule has 0 atom stereocenters. The van der Waals surface area contributed by atoms with Crippen LogP contribution in [-0.2, 0) is 0 Å². The van der Waals surface area contributed by atoms with Gasteiger partial charge in [0.15, 0.2) is 0 Å². The minimum Gasteiger partial charge on any atom is -0.0533 e. The lowest BCUT2D eigenvalue weighted by molar-refractivity contribution is 0.340. The SMILES string of the molecule is [CH2]CCC1CCCCC1. The van der Waals surface area contributed by atoms with Gasteiger partial charge in [-0.15, -0.1) is 0 Å². The van der Waals surface area contributed by atoms with Gasteiger partial charge in [-0.05, 0) is 5.92 Å². The lowest BCUT2D eigenvalue weighted by atomic mass is 9.86. The molecule has 0 N–H and O–H groups in total. The molecule has 0 aliphatic heterocycles. The van der Waals surface area contributed by atoms with Crippen molar-refractivity contribution in [1.29, 1.82) is 0 Å².